The fourth-order valence-corrected chi connectivity index (χ4v) is 2.52. The third-order valence-corrected chi connectivity index (χ3v) is 3.67. The van der Waals surface area contributed by atoms with Gasteiger partial charge in [-0.1, -0.05) is 18.2 Å². The van der Waals surface area contributed by atoms with Gasteiger partial charge < -0.3 is 20.9 Å². The van der Waals surface area contributed by atoms with Gasteiger partial charge in [-0.25, -0.2) is 0 Å². The van der Waals surface area contributed by atoms with Crippen molar-refractivity contribution in [1.29, 1.82) is 0 Å². The Morgan fingerprint density at radius 1 is 1.20 bits per heavy atom. The second-order valence-electron chi connectivity index (χ2n) is 7.02. The van der Waals surface area contributed by atoms with Crippen LogP contribution in [0.5, 0.6) is 0 Å². The summed E-state index contributed by atoms with van der Waals surface area (Å²) in [5.41, 5.74) is 2.29. The van der Waals surface area contributed by atoms with Crippen molar-refractivity contribution in [2.75, 3.05) is 38.1 Å². The maximum Gasteiger partial charge on any atom is 0.239 e. The number of guanidine groups is 1. The summed E-state index contributed by atoms with van der Waals surface area (Å²) in [7, 11) is 1.70. The summed E-state index contributed by atoms with van der Waals surface area (Å²) < 4.78 is 0. The van der Waals surface area contributed by atoms with Crippen molar-refractivity contribution in [2.24, 2.45) is 4.99 Å². The van der Waals surface area contributed by atoms with Gasteiger partial charge in [-0.3, -0.25) is 9.79 Å². The van der Waals surface area contributed by atoms with E-state index in [9.17, 15) is 4.79 Å². The van der Waals surface area contributed by atoms with E-state index < -0.39 is 0 Å². The molecule has 3 N–H and O–H groups in total. The zero-order valence-electron chi connectivity index (χ0n) is 16.4. The fourth-order valence-electron chi connectivity index (χ4n) is 2.52. The van der Waals surface area contributed by atoms with Crippen molar-refractivity contribution in [1.82, 2.24) is 16.0 Å². The van der Waals surface area contributed by atoms with Crippen LogP contribution in [0, 0.1) is 6.92 Å². The summed E-state index contributed by atoms with van der Waals surface area (Å²) in [6.07, 6.45) is 0. The Labute approximate surface area is 152 Å². The average Bonchev–Trinajstić information content (AvgIpc) is 2.54. The van der Waals surface area contributed by atoms with Gasteiger partial charge in [-0.15, -0.1) is 0 Å². The molecule has 0 heterocycles. The van der Waals surface area contributed by atoms with Crippen LogP contribution in [0.15, 0.2) is 29.3 Å². The minimum Gasteiger partial charge on any atom is -0.370 e. The van der Waals surface area contributed by atoms with Gasteiger partial charge >= 0.3 is 0 Å². The SMILES string of the molecule is CCN(CCNC(=NC)NCC(=O)NC(C)(C)C)c1ccccc1C. The fraction of sp³-hybridized carbons (Fsp3) is 0.579. The van der Waals surface area contributed by atoms with Crippen LogP contribution < -0.4 is 20.9 Å². The number of para-hydroxylation sites is 1. The van der Waals surface area contributed by atoms with E-state index in [0.29, 0.717) is 5.96 Å². The lowest BCUT2D eigenvalue weighted by Gasteiger charge is -2.25. The maximum absolute atomic E-state index is 11.9. The number of rotatable bonds is 7. The number of nitrogens with zero attached hydrogens (tertiary/aromatic N) is 2. The number of benzene rings is 1. The zero-order valence-corrected chi connectivity index (χ0v) is 16.4. The Bertz CT molecular complexity index is 577. The molecule has 140 valence electrons. The van der Waals surface area contributed by atoms with Crippen molar-refractivity contribution < 1.29 is 4.79 Å². The predicted molar refractivity (Wildman–Crippen MR) is 106 cm³/mol. The Morgan fingerprint density at radius 3 is 2.44 bits per heavy atom. The molecule has 0 aliphatic heterocycles. The summed E-state index contributed by atoms with van der Waals surface area (Å²) in [5.74, 6) is 0.579. The van der Waals surface area contributed by atoms with Crippen LogP contribution in [0.3, 0.4) is 0 Å². The second kappa shape index (κ2) is 9.91. The number of hydrogen-bond acceptors (Lipinski definition) is 3. The molecule has 0 saturated carbocycles. The minimum atomic E-state index is -0.231. The van der Waals surface area contributed by atoms with Gasteiger partial charge in [-0.2, -0.15) is 0 Å². The Morgan fingerprint density at radius 2 is 1.88 bits per heavy atom. The van der Waals surface area contributed by atoms with Gasteiger partial charge in [0.25, 0.3) is 0 Å². The van der Waals surface area contributed by atoms with Gasteiger partial charge in [0.15, 0.2) is 5.96 Å². The lowest BCUT2D eigenvalue weighted by atomic mass is 10.1. The zero-order chi connectivity index (χ0) is 18.9. The number of hydrogen-bond donors (Lipinski definition) is 3. The minimum absolute atomic E-state index is 0.0504. The second-order valence-corrected chi connectivity index (χ2v) is 7.02. The first-order chi connectivity index (χ1) is 11.8. The molecule has 1 amide bonds. The number of carbonyl (C=O) groups is 1. The molecule has 0 aromatic heterocycles. The molecule has 0 unspecified atom stereocenters. The van der Waals surface area contributed by atoms with E-state index >= 15 is 0 Å². The van der Waals surface area contributed by atoms with Crippen molar-refractivity contribution in [2.45, 2.75) is 40.2 Å². The van der Waals surface area contributed by atoms with Crippen molar-refractivity contribution in [3.05, 3.63) is 29.8 Å². The largest absolute Gasteiger partial charge is 0.370 e. The third kappa shape index (κ3) is 7.92. The standard InChI is InChI=1S/C19H33N5O/c1-7-24(16-11-9-8-10-15(16)2)13-12-21-18(20-6)22-14-17(25)23-19(3,4)5/h8-11H,7,12-14H2,1-6H3,(H,23,25)(H2,20,21,22). The van der Waals surface area contributed by atoms with Crippen LogP contribution in [0.25, 0.3) is 0 Å². The van der Waals surface area contributed by atoms with Crippen LogP contribution >= 0.6 is 0 Å². The Kier molecular flexibility index (Phi) is 8.25. The highest BCUT2D eigenvalue weighted by atomic mass is 16.2. The van der Waals surface area contributed by atoms with E-state index in [2.05, 4.69) is 64.0 Å². The van der Waals surface area contributed by atoms with Crippen LogP contribution in [0.4, 0.5) is 5.69 Å². The highest BCUT2D eigenvalue weighted by Gasteiger charge is 2.13. The molecule has 0 fully saturated rings. The van der Waals surface area contributed by atoms with Gasteiger partial charge in [0.05, 0.1) is 6.54 Å². The van der Waals surface area contributed by atoms with E-state index in [1.807, 2.05) is 20.8 Å². The number of nitrogens with one attached hydrogen (secondary N) is 3. The molecule has 0 aliphatic rings. The number of likely N-dealkylation sites (N-methyl/N-ethyl adjacent to an activating group) is 1. The van der Waals surface area contributed by atoms with Crippen LogP contribution in [-0.2, 0) is 4.79 Å². The number of aryl methyl sites for hydroxylation is 1. The number of amides is 1. The van der Waals surface area contributed by atoms with Crippen molar-refractivity contribution in [3.8, 4) is 0 Å². The molecule has 0 aliphatic carbocycles. The molecule has 1 aromatic carbocycles. The third-order valence-electron chi connectivity index (χ3n) is 3.67. The first-order valence-electron chi connectivity index (χ1n) is 8.83. The summed E-state index contributed by atoms with van der Waals surface area (Å²) in [4.78, 5) is 18.4. The summed E-state index contributed by atoms with van der Waals surface area (Å²) in [6, 6.07) is 8.38. The highest BCUT2D eigenvalue weighted by Crippen LogP contribution is 2.18. The van der Waals surface area contributed by atoms with Gasteiger partial charge in [0.1, 0.15) is 0 Å². The van der Waals surface area contributed by atoms with Gasteiger partial charge in [0.2, 0.25) is 5.91 Å². The molecule has 1 aromatic rings. The van der Waals surface area contributed by atoms with E-state index in [1.54, 1.807) is 7.05 Å². The number of aliphatic imine (C=N–C) groups is 1. The maximum atomic E-state index is 11.9. The number of anilines is 1. The number of carbonyl (C=O) groups excluding carboxylic acids is 1. The summed E-state index contributed by atoms with van der Waals surface area (Å²) >= 11 is 0. The summed E-state index contributed by atoms with van der Waals surface area (Å²) in [6.45, 7) is 12.9. The molecule has 0 spiro atoms. The van der Waals surface area contributed by atoms with Crippen molar-refractivity contribution in [3.63, 3.8) is 0 Å². The topological polar surface area (TPSA) is 68.8 Å². The molecule has 6 heteroatoms. The predicted octanol–water partition coefficient (Wildman–Crippen LogP) is 1.90. The first kappa shape index (κ1) is 20.8. The lowest BCUT2D eigenvalue weighted by molar-refractivity contribution is -0.121. The van der Waals surface area contributed by atoms with E-state index in [4.69, 9.17) is 0 Å². The van der Waals surface area contributed by atoms with Crippen LogP contribution in [-0.4, -0.2) is 50.6 Å². The van der Waals surface area contributed by atoms with E-state index in [0.717, 1.165) is 19.6 Å². The smallest absolute Gasteiger partial charge is 0.239 e. The molecule has 1 rings (SSSR count). The van der Waals surface area contributed by atoms with Gasteiger partial charge in [-0.05, 0) is 46.2 Å². The Hall–Kier alpha value is -2.24. The molecule has 0 atom stereocenters. The highest BCUT2D eigenvalue weighted by molar-refractivity contribution is 5.86. The van der Waals surface area contributed by atoms with Crippen LogP contribution in [0.1, 0.15) is 33.3 Å². The van der Waals surface area contributed by atoms with E-state index in [1.165, 1.54) is 11.3 Å². The molecular formula is C19H33N5O. The Balaban J connectivity index is 2.44. The monoisotopic (exact) mass is 347 g/mol. The van der Waals surface area contributed by atoms with Crippen molar-refractivity contribution >= 4 is 17.6 Å². The average molecular weight is 348 g/mol. The molecular weight excluding hydrogens is 314 g/mol. The molecule has 0 saturated heterocycles. The van der Waals surface area contributed by atoms with Crippen LogP contribution in [0.2, 0.25) is 0 Å². The normalized spacial score (nSPS) is 11.8. The lowest BCUT2D eigenvalue weighted by Crippen LogP contribution is -2.49. The molecule has 0 radical (unpaired) electrons. The molecule has 0 bridgehead atoms. The molecule has 6 nitrogen and oxygen atoms in total. The van der Waals surface area contributed by atoms with Gasteiger partial charge in [0, 0.05) is 37.9 Å². The quantitative estimate of drug-likeness (QED) is 0.520. The van der Waals surface area contributed by atoms with E-state index in [-0.39, 0.29) is 18.0 Å². The summed E-state index contributed by atoms with van der Waals surface area (Å²) in [5, 5.41) is 9.22. The first-order valence-corrected chi connectivity index (χ1v) is 8.83. The molecule has 25 heavy (non-hydrogen) atoms.